The lowest BCUT2D eigenvalue weighted by Crippen LogP contribution is -2.21. The average Bonchev–Trinajstić information content (AvgIpc) is 3.11. The summed E-state index contributed by atoms with van der Waals surface area (Å²) in [5.74, 6) is 0. The predicted molar refractivity (Wildman–Crippen MR) is 129 cm³/mol. The third-order valence-electron chi connectivity index (χ3n) is 5.82. The summed E-state index contributed by atoms with van der Waals surface area (Å²) < 4.78 is 3.69. The van der Waals surface area contributed by atoms with Crippen LogP contribution in [0.1, 0.15) is 38.2 Å². The van der Waals surface area contributed by atoms with E-state index in [2.05, 4.69) is 11.5 Å². The molecule has 0 atom stereocenters. The lowest BCUT2D eigenvalue weighted by molar-refractivity contribution is 0.597. The first kappa shape index (κ1) is 20.6. The SMILES string of the molecule is CCCCCCn1c2nc3ccccc3nc2c2c(=O)n(Cc3ccc(Cl)cc3)cnc21. The molecular weight excluding hydrogens is 422 g/mol. The monoisotopic (exact) mass is 445 g/mol. The Morgan fingerprint density at radius 1 is 0.906 bits per heavy atom. The van der Waals surface area contributed by atoms with Crippen LogP contribution in [0.5, 0.6) is 0 Å². The molecule has 0 saturated heterocycles. The molecule has 0 saturated carbocycles. The van der Waals surface area contributed by atoms with Gasteiger partial charge in [0, 0.05) is 11.6 Å². The molecule has 5 rings (SSSR count). The number of aromatic nitrogens is 5. The van der Waals surface area contributed by atoms with E-state index in [1.54, 1.807) is 10.9 Å². The molecule has 0 amide bonds. The summed E-state index contributed by atoms with van der Waals surface area (Å²) in [5.41, 5.74) is 4.48. The van der Waals surface area contributed by atoms with E-state index >= 15 is 0 Å². The molecule has 3 aromatic heterocycles. The van der Waals surface area contributed by atoms with Gasteiger partial charge in [-0.05, 0) is 36.2 Å². The minimum absolute atomic E-state index is 0.105. The van der Waals surface area contributed by atoms with Crippen LogP contribution in [0.3, 0.4) is 0 Å². The molecule has 0 N–H and O–H groups in total. The van der Waals surface area contributed by atoms with E-state index in [1.807, 2.05) is 48.5 Å². The van der Waals surface area contributed by atoms with E-state index < -0.39 is 0 Å². The molecule has 0 spiro atoms. The van der Waals surface area contributed by atoms with Crippen molar-refractivity contribution in [3.63, 3.8) is 0 Å². The van der Waals surface area contributed by atoms with Gasteiger partial charge in [0.05, 0.1) is 17.6 Å². The Labute approximate surface area is 190 Å². The largest absolute Gasteiger partial charge is 0.308 e. The summed E-state index contributed by atoms with van der Waals surface area (Å²) in [6, 6.07) is 15.3. The number of fused-ring (bicyclic) bond motifs is 4. The van der Waals surface area contributed by atoms with Gasteiger partial charge in [-0.2, -0.15) is 0 Å². The van der Waals surface area contributed by atoms with E-state index in [9.17, 15) is 4.79 Å². The summed E-state index contributed by atoms with van der Waals surface area (Å²) in [6.07, 6.45) is 6.13. The molecule has 0 aliphatic carbocycles. The van der Waals surface area contributed by atoms with Gasteiger partial charge in [0.1, 0.15) is 17.2 Å². The summed E-state index contributed by atoms with van der Waals surface area (Å²) >= 11 is 6.00. The highest BCUT2D eigenvalue weighted by Crippen LogP contribution is 2.25. The van der Waals surface area contributed by atoms with E-state index in [0.717, 1.165) is 41.6 Å². The Bertz CT molecular complexity index is 1470. The minimum Gasteiger partial charge on any atom is -0.308 e. The second-order valence-electron chi connectivity index (χ2n) is 8.10. The maximum absolute atomic E-state index is 13.6. The third kappa shape index (κ3) is 3.75. The Balaban J connectivity index is 1.68. The number of halogens is 1. The second kappa shape index (κ2) is 8.71. The molecule has 0 fully saturated rings. The smallest absolute Gasteiger partial charge is 0.265 e. The molecule has 0 aliphatic heterocycles. The van der Waals surface area contributed by atoms with Gasteiger partial charge in [-0.15, -0.1) is 0 Å². The molecule has 32 heavy (non-hydrogen) atoms. The molecule has 5 aromatic rings. The van der Waals surface area contributed by atoms with Crippen LogP contribution in [0.15, 0.2) is 59.7 Å². The first-order valence-electron chi connectivity index (χ1n) is 11.0. The lowest BCUT2D eigenvalue weighted by atomic mass is 10.2. The number of hydrogen-bond donors (Lipinski definition) is 0. The van der Waals surface area contributed by atoms with Gasteiger partial charge < -0.3 is 4.57 Å². The summed E-state index contributed by atoms with van der Waals surface area (Å²) in [4.78, 5) is 28.0. The van der Waals surface area contributed by atoms with Gasteiger partial charge in [-0.3, -0.25) is 9.36 Å². The molecule has 0 bridgehead atoms. The van der Waals surface area contributed by atoms with Gasteiger partial charge in [-0.1, -0.05) is 62.1 Å². The van der Waals surface area contributed by atoms with Crippen LogP contribution < -0.4 is 5.56 Å². The molecule has 2 aromatic carbocycles. The van der Waals surface area contributed by atoms with Crippen LogP contribution in [-0.4, -0.2) is 24.1 Å². The molecular formula is C25H24ClN5O. The van der Waals surface area contributed by atoms with Crippen molar-refractivity contribution in [1.82, 2.24) is 24.1 Å². The number of aryl methyl sites for hydroxylation is 1. The number of benzene rings is 2. The van der Waals surface area contributed by atoms with Gasteiger partial charge in [-0.25, -0.2) is 15.0 Å². The van der Waals surface area contributed by atoms with Crippen LogP contribution in [0.2, 0.25) is 5.02 Å². The number of rotatable bonds is 7. The zero-order valence-corrected chi connectivity index (χ0v) is 18.7. The molecule has 0 radical (unpaired) electrons. The third-order valence-corrected chi connectivity index (χ3v) is 6.07. The van der Waals surface area contributed by atoms with E-state index in [1.165, 1.54) is 12.8 Å². The Hall–Kier alpha value is -3.25. The quantitative estimate of drug-likeness (QED) is 0.307. The van der Waals surface area contributed by atoms with Crippen molar-refractivity contribution in [2.45, 2.75) is 45.7 Å². The van der Waals surface area contributed by atoms with E-state index in [-0.39, 0.29) is 5.56 Å². The van der Waals surface area contributed by atoms with Crippen molar-refractivity contribution in [3.05, 3.63) is 75.8 Å². The fourth-order valence-electron chi connectivity index (χ4n) is 4.15. The van der Waals surface area contributed by atoms with Crippen molar-refractivity contribution in [2.24, 2.45) is 0 Å². The molecule has 7 heteroatoms. The van der Waals surface area contributed by atoms with Crippen molar-refractivity contribution in [1.29, 1.82) is 0 Å². The van der Waals surface area contributed by atoms with Crippen molar-refractivity contribution >= 4 is 44.8 Å². The Morgan fingerprint density at radius 3 is 2.41 bits per heavy atom. The van der Waals surface area contributed by atoms with Crippen LogP contribution in [0.4, 0.5) is 0 Å². The van der Waals surface area contributed by atoms with Crippen molar-refractivity contribution < 1.29 is 0 Å². The van der Waals surface area contributed by atoms with Crippen molar-refractivity contribution in [3.8, 4) is 0 Å². The van der Waals surface area contributed by atoms with Gasteiger partial charge in [0.25, 0.3) is 5.56 Å². The Kier molecular flexibility index (Phi) is 5.62. The maximum Gasteiger partial charge on any atom is 0.265 e. The zero-order valence-electron chi connectivity index (χ0n) is 18.0. The molecule has 162 valence electrons. The van der Waals surface area contributed by atoms with Gasteiger partial charge in [0.15, 0.2) is 11.3 Å². The topological polar surface area (TPSA) is 65.6 Å². The average molecular weight is 446 g/mol. The summed E-state index contributed by atoms with van der Waals surface area (Å²) in [7, 11) is 0. The maximum atomic E-state index is 13.6. The fraction of sp³-hybridized carbons (Fsp3) is 0.280. The lowest BCUT2D eigenvalue weighted by Gasteiger charge is -2.08. The normalized spacial score (nSPS) is 11.7. The number of para-hydroxylation sites is 2. The minimum atomic E-state index is -0.105. The first-order valence-corrected chi connectivity index (χ1v) is 11.4. The first-order chi connectivity index (χ1) is 15.7. The molecule has 0 unspecified atom stereocenters. The van der Waals surface area contributed by atoms with E-state index in [4.69, 9.17) is 26.6 Å². The van der Waals surface area contributed by atoms with Crippen LogP contribution in [-0.2, 0) is 13.1 Å². The standard InChI is InChI=1S/C25H24ClN5O/c1-2-3-4-7-14-31-23-21(22-24(31)29-20-9-6-5-8-19(20)28-22)25(32)30(16-27-23)15-17-10-12-18(26)13-11-17/h5-6,8-13,16H,2-4,7,14-15H2,1H3. The number of hydrogen-bond acceptors (Lipinski definition) is 4. The highest BCUT2D eigenvalue weighted by molar-refractivity contribution is 6.30. The Morgan fingerprint density at radius 2 is 1.66 bits per heavy atom. The van der Waals surface area contributed by atoms with Crippen molar-refractivity contribution in [2.75, 3.05) is 0 Å². The van der Waals surface area contributed by atoms with Crippen LogP contribution in [0.25, 0.3) is 33.2 Å². The molecule has 0 aliphatic rings. The van der Waals surface area contributed by atoms with Crippen LogP contribution >= 0.6 is 11.6 Å². The summed E-state index contributed by atoms with van der Waals surface area (Å²) in [6.45, 7) is 3.38. The fourth-order valence-corrected chi connectivity index (χ4v) is 4.27. The van der Waals surface area contributed by atoms with Gasteiger partial charge in [0.2, 0.25) is 0 Å². The van der Waals surface area contributed by atoms with E-state index in [0.29, 0.717) is 28.1 Å². The molecule has 6 nitrogen and oxygen atoms in total. The highest BCUT2D eigenvalue weighted by Gasteiger charge is 2.19. The zero-order chi connectivity index (χ0) is 22.1. The number of unbranched alkanes of at least 4 members (excludes halogenated alkanes) is 3. The highest BCUT2D eigenvalue weighted by atomic mass is 35.5. The number of nitrogens with zero attached hydrogens (tertiary/aromatic N) is 5. The predicted octanol–water partition coefficient (Wildman–Crippen LogP) is 5.58. The van der Waals surface area contributed by atoms with Crippen LogP contribution in [0, 0.1) is 0 Å². The van der Waals surface area contributed by atoms with Gasteiger partial charge >= 0.3 is 0 Å². The second-order valence-corrected chi connectivity index (χ2v) is 8.54. The molecule has 3 heterocycles. The summed E-state index contributed by atoms with van der Waals surface area (Å²) in [5, 5.41) is 1.20.